The van der Waals surface area contributed by atoms with Crippen molar-refractivity contribution in [1.82, 2.24) is 0 Å². The average molecular weight is 432 g/mol. The van der Waals surface area contributed by atoms with Crippen LogP contribution in [0.2, 0.25) is 0 Å². The van der Waals surface area contributed by atoms with Gasteiger partial charge in [0.1, 0.15) is 11.5 Å². The first-order valence-corrected chi connectivity index (χ1v) is 10.3. The molecule has 0 amide bonds. The van der Waals surface area contributed by atoms with Gasteiger partial charge in [-0.1, -0.05) is 24.3 Å². The SMILES string of the molecule is COc1ccc(N=CC2=C(N(B(F)F)c3ccc(OC)cc3)c3ccccc3CC2)cc1. The minimum Gasteiger partial charge on any atom is -0.497 e. The summed E-state index contributed by atoms with van der Waals surface area (Å²) in [6.45, 7) is 0. The zero-order valence-electron chi connectivity index (χ0n) is 18.0. The van der Waals surface area contributed by atoms with E-state index in [1.165, 1.54) is 0 Å². The third kappa shape index (κ3) is 4.52. The molecule has 4 rings (SSSR count). The first-order chi connectivity index (χ1) is 15.6. The van der Waals surface area contributed by atoms with Crippen LogP contribution in [0, 0.1) is 0 Å². The molecular formula is C25H23BF2N2O2. The maximum Gasteiger partial charge on any atom is 0.678 e. The second kappa shape index (κ2) is 9.68. The Labute approximate surface area is 187 Å². The fourth-order valence-electron chi connectivity index (χ4n) is 3.84. The quantitative estimate of drug-likeness (QED) is 0.330. The molecule has 32 heavy (non-hydrogen) atoms. The number of aryl methyl sites for hydroxylation is 1. The van der Waals surface area contributed by atoms with E-state index in [0.717, 1.165) is 39.4 Å². The van der Waals surface area contributed by atoms with E-state index in [2.05, 4.69) is 4.99 Å². The number of rotatable bonds is 7. The van der Waals surface area contributed by atoms with Crippen LogP contribution in [-0.2, 0) is 6.42 Å². The molecule has 7 heteroatoms. The van der Waals surface area contributed by atoms with Crippen LogP contribution in [0.5, 0.6) is 11.5 Å². The number of anilines is 1. The lowest BCUT2D eigenvalue weighted by molar-refractivity contribution is 0.414. The van der Waals surface area contributed by atoms with Crippen molar-refractivity contribution < 1.29 is 18.1 Å². The normalized spacial score (nSPS) is 13.1. The Kier molecular flexibility index (Phi) is 6.54. The van der Waals surface area contributed by atoms with Crippen LogP contribution in [0.15, 0.2) is 83.4 Å². The van der Waals surface area contributed by atoms with Gasteiger partial charge in [-0.25, -0.2) is 0 Å². The van der Waals surface area contributed by atoms with E-state index in [0.29, 0.717) is 23.6 Å². The van der Waals surface area contributed by atoms with Crippen molar-refractivity contribution in [2.45, 2.75) is 12.8 Å². The first kappa shape index (κ1) is 21.6. The highest BCUT2D eigenvalue weighted by molar-refractivity contribution is 6.52. The van der Waals surface area contributed by atoms with E-state index in [9.17, 15) is 8.63 Å². The van der Waals surface area contributed by atoms with Crippen LogP contribution in [0.25, 0.3) is 5.70 Å². The highest BCUT2D eigenvalue weighted by Crippen LogP contribution is 2.37. The van der Waals surface area contributed by atoms with Crippen LogP contribution in [0.1, 0.15) is 17.5 Å². The Hall–Kier alpha value is -3.61. The minimum absolute atomic E-state index is 0.392. The van der Waals surface area contributed by atoms with Crippen LogP contribution >= 0.6 is 0 Å². The van der Waals surface area contributed by atoms with Gasteiger partial charge in [-0.2, -0.15) is 0 Å². The van der Waals surface area contributed by atoms with Gasteiger partial charge < -0.3 is 14.3 Å². The molecule has 162 valence electrons. The molecule has 4 nitrogen and oxygen atoms in total. The molecule has 0 fully saturated rings. The standard InChI is InChI=1S/C25H23BF2N2O2/c1-31-22-13-9-20(10-14-22)29-17-19-8-7-18-5-3-4-6-24(18)25(19)30(26(27)28)21-11-15-23(32-2)16-12-21/h3-6,9-17H,7-8H2,1-2H3. The van der Waals surface area contributed by atoms with E-state index in [-0.39, 0.29) is 0 Å². The summed E-state index contributed by atoms with van der Waals surface area (Å²) in [5.41, 5.74) is 4.20. The molecule has 3 aromatic rings. The number of hydrogen-bond acceptors (Lipinski definition) is 4. The molecule has 0 unspecified atom stereocenters. The van der Waals surface area contributed by atoms with Gasteiger partial charge in [0.2, 0.25) is 0 Å². The van der Waals surface area contributed by atoms with Gasteiger partial charge in [0.25, 0.3) is 0 Å². The lowest BCUT2D eigenvalue weighted by atomic mass is 9.86. The van der Waals surface area contributed by atoms with Crippen LogP contribution < -0.4 is 14.3 Å². The molecule has 0 bridgehead atoms. The van der Waals surface area contributed by atoms with Crippen molar-refractivity contribution in [3.8, 4) is 11.5 Å². The number of benzene rings is 3. The number of aliphatic imine (C=N–C) groups is 1. The Morgan fingerprint density at radius 1 is 0.844 bits per heavy atom. The summed E-state index contributed by atoms with van der Waals surface area (Å²) in [6.07, 6.45) is 3.08. The summed E-state index contributed by atoms with van der Waals surface area (Å²) in [5.74, 6) is 1.35. The predicted molar refractivity (Wildman–Crippen MR) is 126 cm³/mol. The van der Waals surface area contributed by atoms with Crippen molar-refractivity contribution in [2.75, 3.05) is 19.0 Å². The minimum atomic E-state index is -2.73. The second-order valence-corrected chi connectivity index (χ2v) is 7.33. The highest BCUT2D eigenvalue weighted by Gasteiger charge is 2.33. The van der Waals surface area contributed by atoms with Crippen molar-refractivity contribution in [3.05, 3.63) is 89.5 Å². The Balaban J connectivity index is 1.81. The van der Waals surface area contributed by atoms with Crippen LogP contribution in [-0.4, -0.2) is 27.8 Å². The highest BCUT2D eigenvalue weighted by atomic mass is 19.2. The average Bonchev–Trinajstić information content (AvgIpc) is 2.84. The first-order valence-electron chi connectivity index (χ1n) is 10.3. The molecule has 3 aromatic carbocycles. The molecule has 1 aliphatic carbocycles. The van der Waals surface area contributed by atoms with Crippen molar-refractivity contribution in [1.29, 1.82) is 0 Å². The second-order valence-electron chi connectivity index (χ2n) is 7.33. The van der Waals surface area contributed by atoms with Crippen LogP contribution in [0.3, 0.4) is 0 Å². The maximum atomic E-state index is 14.5. The largest absolute Gasteiger partial charge is 0.678 e. The van der Waals surface area contributed by atoms with Gasteiger partial charge in [0, 0.05) is 23.2 Å². The smallest absolute Gasteiger partial charge is 0.497 e. The van der Waals surface area contributed by atoms with Crippen molar-refractivity contribution >= 4 is 30.7 Å². The summed E-state index contributed by atoms with van der Waals surface area (Å²) >= 11 is 0. The summed E-state index contributed by atoms with van der Waals surface area (Å²) in [7, 11) is 0.425. The molecule has 0 aliphatic heterocycles. The van der Waals surface area contributed by atoms with Gasteiger partial charge in [0.15, 0.2) is 0 Å². The number of methoxy groups -OCH3 is 2. The Bertz CT molecular complexity index is 1130. The van der Waals surface area contributed by atoms with E-state index in [1.54, 1.807) is 44.7 Å². The third-order valence-electron chi connectivity index (χ3n) is 5.47. The van der Waals surface area contributed by atoms with E-state index in [1.807, 2.05) is 48.5 Å². The fourth-order valence-corrected chi connectivity index (χ4v) is 3.84. The van der Waals surface area contributed by atoms with E-state index < -0.39 is 7.40 Å². The van der Waals surface area contributed by atoms with Gasteiger partial charge in [-0.15, -0.1) is 0 Å². The van der Waals surface area contributed by atoms with E-state index >= 15 is 0 Å². The van der Waals surface area contributed by atoms with Crippen molar-refractivity contribution in [2.24, 2.45) is 4.99 Å². The van der Waals surface area contributed by atoms with Gasteiger partial charge >= 0.3 is 7.40 Å². The molecule has 0 saturated carbocycles. The zero-order valence-corrected chi connectivity index (χ0v) is 18.0. The molecule has 0 saturated heterocycles. The monoisotopic (exact) mass is 432 g/mol. The molecule has 0 spiro atoms. The fraction of sp³-hybridized carbons (Fsp3) is 0.160. The molecule has 0 atom stereocenters. The third-order valence-corrected chi connectivity index (χ3v) is 5.47. The molecular weight excluding hydrogens is 409 g/mol. The molecule has 0 aromatic heterocycles. The number of ether oxygens (including phenoxy) is 2. The molecule has 0 heterocycles. The number of nitrogens with zero attached hydrogens (tertiary/aromatic N) is 2. The molecule has 0 radical (unpaired) electrons. The van der Waals surface area contributed by atoms with Gasteiger partial charge in [0.05, 0.1) is 19.9 Å². The molecule has 0 N–H and O–H groups in total. The van der Waals surface area contributed by atoms with Crippen LogP contribution in [0.4, 0.5) is 20.0 Å². The Morgan fingerprint density at radius 3 is 2.09 bits per heavy atom. The lowest BCUT2D eigenvalue weighted by Crippen LogP contribution is -2.34. The maximum absolute atomic E-state index is 14.5. The van der Waals surface area contributed by atoms with E-state index in [4.69, 9.17) is 9.47 Å². The van der Waals surface area contributed by atoms with Crippen molar-refractivity contribution in [3.63, 3.8) is 0 Å². The van der Waals surface area contributed by atoms with Gasteiger partial charge in [-0.3, -0.25) is 13.6 Å². The van der Waals surface area contributed by atoms with Gasteiger partial charge in [-0.05, 0) is 72.5 Å². The molecule has 1 aliphatic rings. The number of halogens is 2. The number of hydrogen-bond donors (Lipinski definition) is 0. The lowest BCUT2D eigenvalue weighted by Gasteiger charge is -2.31. The Morgan fingerprint density at radius 2 is 1.47 bits per heavy atom. The predicted octanol–water partition coefficient (Wildman–Crippen LogP) is 6.19. The number of allylic oxidation sites excluding steroid dienone is 1. The summed E-state index contributed by atoms with van der Waals surface area (Å²) in [6, 6.07) is 21.7. The zero-order chi connectivity index (χ0) is 22.5. The summed E-state index contributed by atoms with van der Waals surface area (Å²) in [5, 5.41) is 0. The number of fused-ring (bicyclic) bond motifs is 1. The topological polar surface area (TPSA) is 34.1 Å². The summed E-state index contributed by atoms with van der Waals surface area (Å²) in [4.78, 5) is 5.64. The summed E-state index contributed by atoms with van der Waals surface area (Å²) < 4.78 is 39.3.